The standard InChI is InChI=1S/C28H30FN3O3/c1-3-4-5-6-13-26(33)31(19-23-10-9-18-35-23)20(2)27-30-25-12-8-7-11-24(25)28(34)32(27)22-16-14-21(29)15-17-22/h7-12,14-18,20H,3-6,13,19H2,1-2H3. The van der Waals surface area contributed by atoms with Crippen molar-refractivity contribution in [2.24, 2.45) is 0 Å². The molecule has 2 heterocycles. The third kappa shape index (κ3) is 5.50. The first kappa shape index (κ1) is 24.4. The molecule has 1 amide bonds. The number of amides is 1. The van der Waals surface area contributed by atoms with E-state index < -0.39 is 11.9 Å². The fourth-order valence-corrected chi connectivity index (χ4v) is 4.27. The summed E-state index contributed by atoms with van der Waals surface area (Å²) in [5, 5.41) is 0.455. The Morgan fingerprint density at radius 2 is 1.83 bits per heavy atom. The highest BCUT2D eigenvalue weighted by atomic mass is 19.1. The van der Waals surface area contributed by atoms with Crippen molar-refractivity contribution in [1.82, 2.24) is 14.5 Å². The summed E-state index contributed by atoms with van der Waals surface area (Å²) < 4.78 is 20.7. The fraction of sp³-hybridized carbons (Fsp3) is 0.321. The number of benzene rings is 2. The Balaban J connectivity index is 1.80. The summed E-state index contributed by atoms with van der Waals surface area (Å²) in [6, 6.07) is 15.9. The van der Waals surface area contributed by atoms with E-state index in [9.17, 15) is 14.0 Å². The Kier molecular flexibility index (Phi) is 7.75. The van der Waals surface area contributed by atoms with Crippen LogP contribution in [-0.4, -0.2) is 20.4 Å². The van der Waals surface area contributed by atoms with Crippen molar-refractivity contribution >= 4 is 16.8 Å². The highest BCUT2D eigenvalue weighted by molar-refractivity contribution is 5.79. The average Bonchev–Trinajstić information content (AvgIpc) is 3.39. The number of fused-ring (bicyclic) bond motifs is 1. The summed E-state index contributed by atoms with van der Waals surface area (Å²) in [5.74, 6) is 0.633. The van der Waals surface area contributed by atoms with E-state index in [1.165, 1.54) is 16.7 Å². The van der Waals surface area contributed by atoms with E-state index in [2.05, 4.69) is 6.92 Å². The largest absolute Gasteiger partial charge is 0.467 e. The van der Waals surface area contributed by atoms with Gasteiger partial charge in [0.25, 0.3) is 5.56 Å². The van der Waals surface area contributed by atoms with Gasteiger partial charge >= 0.3 is 0 Å². The van der Waals surface area contributed by atoms with E-state index in [-0.39, 0.29) is 18.0 Å². The van der Waals surface area contributed by atoms with Gasteiger partial charge in [0.1, 0.15) is 17.4 Å². The Morgan fingerprint density at radius 3 is 2.54 bits per heavy atom. The fourth-order valence-electron chi connectivity index (χ4n) is 4.27. The van der Waals surface area contributed by atoms with Crippen LogP contribution >= 0.6 is 0 Å². The molecule has 0 fully saturated rings. The van der Waals surface area contributed by atoms with Gasteiger partial charge in [-0.05, 0) is 61.9 Å². The third-order valence-corrected chi connectivity index (χ3v) is 6.20. The molecule has 0 aliphatic carbocycles. The van der Waals surface area contributed by atoms with Crippen molar-refractivity contribution in [3.05, 3.63) is 94.7 Å². The normalized spacial score (nSPS) is 12.1. The Labute approximate surface area is 204 Å². The van der Waals surface area contributed by atoms with Crippen molar-refractivity contribution < 1.29 is 13.6 Å². The number of carbonyl (C=O) groups is 1. The molecule has 35 heavy (non-hydrogen) atoms. The molecule has 0 bridgehead atoms. The van der Waals surface area contributed by atoms with Crippen LogP contribution in [0.5, 0.6) is 0 Å². The minimum absolute atomic E-state index is 0.0296. The highest BCUT2D eigenvalue weighted by Gasteiger charge is 2.27. The van der Waals surface area contributed by atoms with Gasteiger partial charge in [0.15, 0.2) is 0 Å². The molecule has 2 aromatic carbocycles. The highest BCUT2D eigenvalue weighted by Crippen LogP contribution is 2.26. The number of carbonyl (C=O) groups excluding carboxylic acids is 1. The average molecular weight is 476 g/mol. The van der Waals surface area contributed by atoms with Crippen LogP contribution in [0.15, 0.2) is 76.1 Å². The molecule has 182 valence electrons. The SMILES string of the molecule is CCCCCCC(=O)N(Cc1ccco1)C(C)c1nc2ccccc2c(=O)n1-c1ccc(F)cc1. The molecule has 7 heteroatoms. The summed E-state index contributed by atoms with van der Waals surface area (Å²) in [6.07, 6.45) is 5.93. The second kappa shape index (κ2) is 11.1. The Morgan fingerprint density at radius 1 is 1.06 bits per heavy atom. The molecule has 0 aliphatic heterocycles. The van der Waals surface area contributed by atoms with Gasteiger partial charge in [-0.15, -0.1) is 0 Å². The van der Waals surface area contributed by atoms with E-state index in [1.54, 1.807) is 47.6 Å². The van der Waals surface area contributed by atoms with Crippen LogP contribution in [0.2, 0.25) is 0 Å². The lowest BCUT2D eigenvalue weighted by Crippen LogP contribution is -2.37. The van der Waals surface area contributed by atoms with E-state index in [4.69, 9.17) is 9.40 Å². The number of unbranched alkanes of at least 4 members (excludes halogenated alkanes) is 3. The third-order valence-electron chi connectivity index (χ3n) is 6.20. The molecule has 0 N–H and O–H groups in total. The molecular weight excluding hydrogens is 445 g/mol. The first-order chi connectivity index (χ1) is 17.0. The molecule has 0 saturated carbocycles. The molecule has 0 radical (unpaired) electrons. The summed E-state index contributed by atoms with van der Waals surface area (Å²) in [5.41, 5.74) is 0.772. The van der Waals surface area contributed by atoms with Crippen molar-refractivity contribution in [3.8, 4) is 5.69 Å². The van der Waals surface area contributed by atoms with Gasteiger partial charge in [0.2, 0.25) is 5.91 Å². The molecule has 0 saturated heterocycles. The van der Waals surface area contributed by atoms with Gasteiger partial charge in [-0.2, -0.15) is 0 Å². The van der Waals surface area contributed by atoms with Gasteiger partial charge in [-0.1, -0.05) is 38.3 Å². The van der Waals surface area contributed by atoms with Crippen LogP contribution in [0.3, 0.4) is 0 Å². The van der Waals surface area contributed by atoms with Crippen molar-refractivity contribution in [1.29, 1.82) is 0 Å². The molecule has 6 nitrogen and oxygen atoms in total. The van der Waals surface area contributed by atoms with Gasteiger partial charge < -0.3 is 9.32 Å². The zero-order valence-corrected chi connectivity index (χ0v) is 20.1. The number of para-hydroxylation sites is 1. The van der Waals surface area contributed by atoms with Crippen LogP contribution in [-0.2, 0) is 11.3 Å². The Bertz CT molecular complexity index is 1330. The van der Waals surface area contributed by atoms with Crippen molar-refractivity contribution in [2.45, 2.75) is 58.5 Å². The van der Waals surface area contributed by atoms with E-state index >= 15 is 0 Å². The molecule has 4 aromatic rings. The number of furan rings is 1. The minimum Gasteiger partial charge on any atom is -0.467 e. The predicted octanol–water partition coefficient (Wildman–Crippen LogP) is 6.18. The summed E-state index contributed by atoms with van der Waals surface area (Å²) in [6.45, 7) is 4.25. The van der Waals surface area contributed by atoms with Crippen molar-refractivity contribution in [3.63, 3.8) is 0 Å². The maximum Gasteiger partial charge on any atom is 0.266 e. The lowest BCUT2D eigenvalue weighted by atomic mass is 10.1. The summed E-state index contributed by atoms with van der Waals surface area (Å²) >= 11 is 0. The maximum atomic E-state index is 13.7. The zero-order chi connectivity index (χ0) is 24.8. The number of nitrogens with zero attached hydrogens (tertiary/aromatic N) is 3. The van der Waals surface area contributed by atoms with Crippen molar-refractivity contribution in [2.75, 3.05) is 0 Å². The maximum absolute atomic E-state index is 13.7. The van der Waals surface area contributed by atoms with E-state index in [0.717, 1.165) is 25.7 Å². The van der Waals surface area contributed by atoms with Crippen LogP contribution in [0, 0.1) is 5.82 Å². The van der Waals surface area contributed by atoms with Crippen LogP contribution in [0.25, 0.3) is 16.6 Å². The topological polar surface area (TPSA) is 68.3 Å². The molecular formula is C28H30FN3O3. The lowest BCUT2D eigenvalue weighted by molar-refractivity contribution is -0.134. The van der Waals surface area contributed by atoms with Gasteiger partial charge in [0.05, 0.1) is 35.4 Å². The van der Waals surface area contributed by atoms with Gasteiger partial charge in [-0.25, -0.2) is 9.37 Å². The van der Waals surface area contributed by atoms with Crippen LogP contribution < -0.4 is 5.56 Å². The lowest BCUT2D eigenvalue weighted by Gasteiger charge is -2.30. The predicted molar refractivity (Wildman–Crippen MR) is 134 cm³/mol. The quantitative estimate of drug-likeness (QED) is 0.257. The Hall–Kier alpha value is -3.74. The number of halogens is 1. The second-order valence-electron chi connectivity index (χ2n) is 8.69. The number of rotatable bonds is 10. The summed E-state index contributed by atoms with van der Waals surface area (Å²) in [4.78, 5) is 33.5. The van der Waals surface area contributed by atoms with Gasteiger partial charge in [-0.3, -0.25) is 14.2 Å². The zero-order valence-electron chi connectivity index (χ0n) is 20.1. The van der Waals surface area contributed by atoms with Crippen LogP contribution in [0.4, 0.5) is 4.39 Å². The summed E-state index contributed by atoms with van der Waals surface area (Å²) in [7, 11) is 0. The second-order valence-corrected chi connectivity index (χ2v) is 8.69. The molecule has 0 aliphatic rings. The monoisotopic (exact) mass is 475 g/mol. The van der Waals surface area contributed by atoms with Gasteiger partial charge in [0, 0.05) is 6.42 Å². The molecule has 1 atom stereocenters. The molecule has 0 spiro atoms. The number of hydrogen-bond donors (Lipinski definition) is 0. The number of aromatic nitrogens is 2. The number of hydrogen-bond acceptors (Lipinski definition) is 4. The first-order valence-electron chi connectivity index (χ1n) is 12.1. The smallest absolute Gasteiger partial charge is 0.266 e. The van der Waals surface area contributed by atoms with E-state index in [0.29, 0.717) is 34.6 Å². The van der Waals surface area contributed by atoms with Crippen LogP contribution in [0.1, 0.15) is 63.6 Å². The molecule has 1 unspecified atom stereocenters. The molecule has 4 rings (SSSR count). The first-order valence-corrected chi connectivity index (χ1v) is 12.1. The molecule has 2 aromatic heterocycles. The minimum atomic E-state index is -0.541. The van der Waals surface area contributed by atoms with E-state index in [1.807, 2.05) is 19.1 Å².